The van der Waals surface area contributed by atoms with E-state index in [4.69, 9.17) is 0 Å². The fraction of sp³-hybridized carbons (Fsp3) is 0.421. The molecular weight excluding hydrogens is 330 g/mol. The Kier molecular flexibility index (Phi) is 5.37. The van der Waals surface area contributed by atoms with E-state index >= 15 is 0 Å². The largest absolute Gasteiger partial charge is 0.348 e. The standard InChI is InChI=1S/C19H25N5O2/c1-13-19(14(2)24(22-13)16-7-5-4-6-8-16)21-18(26)12-23(3)11-17(25)20-15-9-10-15/h4-8,15H,9-12H2,1-3H3,(H,20,25)(H,21,26)/p+1. The van der Waals surface area contributed by atoms with Crippen LogP contribution in [0, 0.1) is 13.8 Å². The third-order valence-electron chi connectivity index (χ3n) is 4.42. The second-order valence-corrected chi connectivity index (χ2v) is 6.99. The average molecular weight is 356 g/mol. The van der Waals surface area contributed by atoms with Crippen molar-refractivity contribution in [2.45, 2.75) is 32.7 Å². The number of hydrogen-bond donors (Lipinski definition) is 3. The molecule has 1 unspecified atom stereocenters. The van der Waals surface area contributed by atoms with E-state index in [1.165, 1.54) is 0 Å². The SMILES string of the molecule is Cc1nn(-c2ccccc2)c(C)c1NC(=O)C[NH+](C)CC(=O)NC1CC1. The van der Waals surface area contributed by atoms with Crippen molar-refractivity contribution in [3.05, 3.63) is 41.7 Å². The van der Waals surface area contributed by atoms with Crippen LogP contribution < -0.4 is 15.5 Å². The molecular formula is C19H26N5O2+. The summed E-state index contributed by atoms with van der Waals surface area (Å²) in [6, 6.07) is 10.2. The first kappa shape index (κ1) is 18.1. The number of anilines is 1. The maximum atomic E-state index is 12.4. The van der Waals surface area contributed by atoms with Crippen molar-refractivity contribution in [2.24, 2.45) is 0 Å². The Morgan fingerprint density at radius 1 is 1.15 bits per heavy atom. The van der Waals surface area contributed by atoms with E-state index in [0.717, 1.165) is 40.5 Å². The first-order valence-electron chi connectivity index (χ1n) is 8.96. The zero-order chi connectivity index (χ0) is 18.7. The van der Waals surface area contributed by atoms with Gasteiger partial charge in [-0.05, 0) is 38.8 Å². The molecule has 0 aliphatic heterocycles. The predicted molar refractivity (Wildman–Crippen MR) is 99.5 cm³/mol. The van der Waals surface area contributed by atoms with Crippen LogP contribution in [0.2, 0.25) is 0 Å². The van der Waals surface area contributed by atoms with Crippen molar-refractivity contribution in [3.8, 4) is 5.69 Å². The summed E-state index contributed by atoms with van der Waals surface area (Å²) in [6.07, 6.45) is 2.13. The fourth-order valence-electron chi connectivity index (χ4n) is 2.94. The van der Waals surface area contributed by atoms with Gasteiger partial charge in [0.2, 0.25) is 0 Å². The quantitative estimate of drug-likeness (QED) is 0.664. The molecule has 1 aliphatic carbocycles. The van der Waals surface area contributed by atoms with Crippen molar-refractivity contribution in [1.82, 2.24) is 15.1 Å². The molecule has 26 heavy (non-hydrogen) atoms. The summed E-state index contributed by atoms with van der Waals surface area (Å²) < 4.78 is 1.82. The predicted octanol–water partition coefficient (Wildman–Crippen LogP) is 0.221. The van der Waals surface area contributed by atoms with Crippen LogP contribution in [0.15, 0.2) is 30.3 Å². The Hall–Kier alpha value is -2.67. The number of nitrogens with zero attached hydrogens (tertiary/aromatic N) is 2. The number of likely N-dealkylation sites (N-methyl/N-ethyl adjacent to an activating group) is 1. The van der Waals surface area contributed by atoms with Crippen molar-refractivity contribution in [3.63, 3.8) is 0 Å². The first-order chi connectivity index (χ1) is 12.4. The van der Waals surface area contributed by atoms with E-state index in [0.29, 0.717) is 12.6 Å². The maximum Gasteiger partial charge on any atom is 0.279 e. The number of rotatable bonds is 7. The number of nitrogens with one attached hydrogen (secondary N) is 3. The number of amides is 2. The molecule has 1 saturated carbocycles. The number of carbonyl (C=O) groups excluding carboxylic acids is 2. The topological polar surface area (TPSA) is 80.5 Å². The summed E-state index contributed by atoms with van der Waals surface area (Å²) in [6.45, 7) is 4.34. The number of aryl methyl sites for hydroxylation is 1. The molecule has 1 aromatic carbocycles. The van der Waals surface area contributed by atoms with Gasteiger partial charge in [0.15, 0.2) is 13.1 Å². The molecule has 0 radical (unpaired) electrons. The van der Waals surface area contributed by atoms with E-state index < -0.39 is 0 Å². The van der Waals surface area contributed by atoms with E-state index in [1.54, 1.807) is 0 Å². The van der Waals surface area contributed by atoms with Crippen LogP contribution in [0.4, 0.5) is 5.69 Å². The highest BCUT2D eigenvalue weighted by molar-refractivity contribution is 5.92. The van der Waals surface area contributed by atoms with Gasteiger partial charge in [0.25, 0.3) is 11.8 Å². The summed E-state index contributed by atoms with van der Waals surface area (Å²) in [4.78, 5) is 25.1. The Morgan fingerprint density at radius 3 is 2.46 bits per heavy atom. The second-order valence-electron chi connectivity index (χ2n) is 6.99. The van der Waals surface area contributed by atoms with Crippen LogP contribution in [-0.4, -0.2) is 47.8 Å². The van der Waals surface area contributed by atoms with Gasteiger partial charge in [-0.2, -0.15) is 5.10 Å². The smallest absolute Gasteiger partial charge is 0.279 e. The summed E-state index contributed by atoms with van der Waals surface area (Å²) >= 11 is 0. The third kappa shape index (κ3) is 4.49. The molecule has 0 bridgehead atoms. The van der Waals surface area contributed by atoms with E-state index in [2.05, 4.69) is 15.7 Å². The highest BCUT2D eigenvalue weighted by Crippen LogP contribution is 2.22. The van der Waals surface area contributed by atoms with Gasteiger partial charge < -0.3 is 15.5 Å². The number of carbonyl (C=O) groups is 2. The van der Waals surface area contributed by atoms with Gasteiger partial charge in [0, 0.05) is 6.04 Å². The van der Waals surface area contributed by atoms with E-state index in [1.807, 2.05) is 55.9 Å². The lowest BCUT2D eigenvalue weighted by molar-refractivity contribution is -0.862. The van der Waals surface area contributed by atoms with E-state index in [-0.39, 0.29) is 18.4 Å². The first-order valence-corrected chi connectivity index (χ1v) is 8.96. The van der Waals surface area contributed by atoms with Crippen LogP contribution in [0.25, 0.3) is 5.69 Å². The van der Waals surface area contributed by atoms with Gasteiger partial charge in [-0.25, -0.2) is 4.68 Å². The summed E-state index contributed by atoms with van der Waals surface area (Å²) in [7, 11) is 1.85. The number of benzene rings is 1. The lowest BCUT2D eigenvalue weighted by Crippen LogP contribution is -3.11. The zero-order valence-electron chi connectivity index (χ0n) is 15.5. The zero-order valence-corrected chi connectivity index (χ0v) is 15.5. The van der Waals surface area contributed by atoms with Gasteiger partial charge in [-0.3, -0.25) is 9.59 Å². The van der Waals surface area contributed by atoms with Gasteiger partial charge in [0.1, 0.15) is 0 Å². The van der Waals surface area contributed by atoms with Gasteiger partial charge in [-0.15, -0.1) is 0 Å². The normalized spacial score (nSPS) is 14.7. The number of quaternary nitrogens is 1. The average Bonchev–Trinajstić information content (AvgIpc) is 3.36. The van der Waals surface area contributed by atoms with Gasteiger partial charge >= 0.3 is 0 Å². The summed E-state index contributed by atoms with van der Waals surface area (Å²) in [5, 5.41) is 10.4. The van der Waals surface area contributed by atoms with Crippen molar-refractivity contribution >= 4 is 17.5 Å². The summed E-state index contributed by atoms with van der Waals surface area (Å²) in [5.41, 5.74) is 3.33. The number of para-hydroxylation sites is 1. The minimum atomic E-state index is -0.125. The highest BCUT2D eigenvalue weighted by Gasteiger charge is 2.25. The second kappa shape index (κ2) is 7.70. The van der Waals surface area contributed by atoms with Crippen LogP contribution >= 0.6 is 0 Å². The van der Waals surface area contributed by atoms with Crippen LogP contribution in [-0.2, 0) is 9.59 Å². The molecule has 3 N–H and O–H groups in total. The Morgan fingerprint density at radius 2 is 1.81 bits per heavy atom. The molecule has 0 spiro atoms. The Balaban J connectivity index is 1.60. The molecule has 1 aliphatic rings. The number of hydrogen-bond acceptors (Lipinski definition) is 3. The maximum absolute atomic E-state index is 12.4. The van der Waals surface area contributed by atoms with E-state index in [9.17, 15) is 9.59 Å². The molecule has 7 nitrogen and oxygen atoms in total. The van der Waals surface area contributed by atoms with Crippen molar-refractivity contribution < 1.29 is 14.5 Å². The minimum absolute atomic E-state index is 0.00191. The molecule has 2 aromatic rings. The highest BCUT2D eigenvalue weighted by atomic mass is 16.2. The lowest BCUT2D eigenvalue weighted by atomic mass is 10.3. The lowest BCUT2D eigenvalue weighted by Gasteiger charge is -2.13. The van der Waals surface area contributed by atoms with Crippen LogP contribution in [0.1, 0.15) is 24.2 Å². The van der Waals surface area contributed by atoms with Gasteiger partial charge in [-0.1, -0.05) is 18.2 Å². The Labute approximate surface area is 153 Å². The molecule has 0 saturated heterocycles. The minimum Gasteiger partial charge on any atom is -0.348 e. The number of aromatic nitrogens is 2. The molecule has 1 heterocycles. The monoisotopic (exact) mass is 356 g/mol. The van der Waals surface area contributed by atoms with Crippen LogP contribution in [0.3, 0.4) is 0 Å². The Bertz CT molecular complexity index is 796. The molecule has 1 fully saturated rings. The van der Waals surface area contributed by atoms with Crippen molar-refractivity contribution in [2.75, 3.05) is 25.5 Å². The van der Waals surface area contributed by atoms with Gasteiger partial charge in [0.05, 0.1) is 29.8 Å². The molecule has 138 valence electrons. The molecule has 1 atom stereocenters. The molecule has 2 amide bonds. The fourth-order valence-corrected chi connectivity index (χ4v) is 2.94. The van der Waals surface area contributed by atoms with Crippen molar-refractivity contribution in [1.29, 1.82) is 0 Å². The summed E-state index contributed by atoms with van der Waals surface area (Å²) in [5.74, 6) is -0.123. The molecule has 1 aromatic heterocycles. The third-order valence-corrected chi connectivity index (χ3v) is 4.42. The molecule has 3 rings (SSSR count). The molecule has 7 heteroatoms. The van der Waals surface area contributed by atoms with Crippen LogP contribution in [0.5, 0.6) is 0 Å².